The van der Waals surface area contributed by atoms with Gasteiger partial charge in [-0.15, -0.1) is 10.2 Å². The molecule has 1 aliphatic rings. The number of rotatable bonds is 1. The number of halogens is 1. The molecule has 1 heterocycles. The molecule has 7 heteroatoms. The Labute approximate surface area is 127 Å². The van der Waals surface area contributed by atoms with E-state index >= 15 is 0 Å². The molecule has 1 saturated heterocycles. The van der Waals surface area contributed by atoms with Crippen LogP contribution in [0.3, 0.4) is 0 Å². The van der Waals surface area contributed by atoms with Crippen molar-refractivity contribution in [1.82, 2.24) is 0 Å². The minimum atomic E-state index is -4.94. The SMILES string of the molecule is Oc1ccc2ccccc2c1[S+]1CCCC1.[O-][Cl+3]([O-])([O-])[O-]. The number of hydrogen-bond donors (Lipinski definition) is 1. The quantitative estimate of drug-likeness (QED) is 0.643. The zero-order chi connectivity index (χ0) is 15.5. The van der Waals surface area contributed by atoms with Crippen LogP contribution in [0.5, 0.6) is 5.75 Å². The van der Waals surface area contributed by atoms with Gasteiger partial charge in [0, 0.05) is 16.3 Å². The molecule has 1 fully saturated rings. The topological polar surface area (TPSA) is 112 Å². The van der Waals surface area contributed by atoms with Gasteiger partial charge in [0.1, 0.15) is 11.5 Å². The molecule has 0 amide bonds. The van der Waals surface area contributed by atoms with Crippen LogP contribution in [0.4, 0.5) is 0 Å². The molecule has 0 bridgehead atoms. The van der Waals surface area contributed by atoms with Crippen LogP contribution in [-0.2, 0) is 10.9 Å². The summed E-state index contributed by atoms with van der Waals surface area (Å²) >= 11 is 0. The number of aromatic hydroxyl groups is 1. The summed E-state index contributed by atoms with van der Waals surface area (Å²) in [6.07, 6.45) is 2.62. The Morgan fingerprint density at radius 1 is 0.905 bits per heavy atom. The third-order valence-electron chi connectivity index (χ3n) is 3.18. The molecule has 0 aliphatic carbocycles. The van der Waals surface area contributed by atoms with E-state index in [2.05, 4.69) is 24.3 Å². The summed E-state index contributed by atoms with van der Waals surface area (Å²) in [5.41, 5.74) is 0. The van der Waals surface area contributed by atoms with E-state index in [0.717, 1.165) is 0 Å². The van der Waals surface area contributed by atoms with Gasteiger partial charge < -0.3 is 5.11 Å². The first kappa shape index (κ1) is 16.4. The molecule has 0 atom stereocenters. The highest BCUT2D eigenvalue weighted by Gasteiger charge is 2.31. The average Bonchev–Trinajstić information content (AvgIpc) is 2.90. The molecule has 21 heavy (non-hydrogen) atoms. The lowest BCUT2D eigenvalue weighted by atomic mass is 10.1. The van der Waals surface area contributed by atoms with Gasteiger partial charge in [0.2, 0.25) is 4.90 Å². The summed E-state index contributed by atoms with van der Waals surface area (Å²) in [6.45, 7) is 0. The van der Waals surface area contributed by atoms with Crippen LogP contribution in [0.15, 0.2) is 41.3 Å². The van der Waals surface area contributed by atoms with Crippen LogP contribution in [-0.4, -0.2) is 16.6 Å². The normalized spacial score (nSPS) is 15.8. The molecule has 0 radical (unpaired) electrons. The van der Waals surface area contributed by atoms with Crippen molar-refractivity contribution in [2.75, 3.05) is 11.5 Å². The molecule has 2 aromatic rings. The van der Waals surface area contributed by atoms with Crippen LogP contribution in [0.1, 0.15) is 12.8 Å². The number of benzene rings is 2. The van der Waals surface area contributed by atoms with Crippen LogP contribution in [0.2, 0.25) is 0 Å². The highest BCUT2D eigenvalue weighted by Crippen LogP contribution is 2.36. The Hall–Kier alpha value is -1.02. The van der Waals surface area contributed by atoms with Crippen molar-refractivity contribution in [3.63, 3.8) is 0 Å². The maximum atomic E-state index is 10.1. The molecule has 0 aromatic heterocycles. The van der Waals surface area contributed by atoms with E-state index in [1.165, 1.54) is 40.0 Å². The Morgan fingerprint density at radius 3 is 2.10 bits per heavy atom. The van der Waals surface area contributed by atoms with E-state index in [9.17, 15) is 5.11 Å². The third-order valence-corrected chi connectivity index (χ3v) is 5.75. The second-order valence-corrected chi connectivity index (χ2v) is 7.59. The Bertz CT molecular complexity index is 602. The molecule has 114 valence electrons. The minimum Gasteiger partial charge on any atom is -0.503 e. The lowest BCUT2D eigenvalue weighted by Crippen LogP contribution is -2.68. The van der Waals surface area contributed by atoms with Gasteiger partial charge in [0.05, 0.1) is 0 Å². The highest BCUT2D eigenvalue weighted by molar-refractivity contribution is 7.97. The molecule has 1 N–H and O–H groups in total. The molecule has 5 nitrogen and oxygen atoms in total. The molecular formula is C14H15ClO5S. The molecule has 2 aromatic carbocycles. The van der Waals surface area contributed by atoms with E-state index in [1.54, 1.807) is 0 Å². The van der Waals surface area contributed by atoms with Gasteiger partial charge in [-0.2, -0.15) is 0 Å². The molecule has 0 saturated carbocycles. The fourth-order valence-corrected chi connectivity index (χ4v) is 4.97. The van der Waals surface area contributed by atoms with Crippen LogP contribution in [0, 0.1) is 10.2 Å². The Morgan fingerprint density at radius 2 is 1.48 bits per heavy atom. The van der Waals surface area contributed by atoms with E-state index in [-0.39, 0.29) is 10.9 Å². The van der Waals surface area contributed by atoms with E-state index in [4.69, 9.17) is 18.6 Å². The van der Waals surface area contributed by atoms with Crippen molar-refractivity contribution < 1.29 is 34.0 Å². The van der Waals surface area contributed by atoms with Crippen molar-refractivity contribution in [1.29, 1.82) is 0 Å². The second-order valence-electron chi connectivity index (χ2n) is 4.62. The first-order chi connectivity index (χ1) is 9.86. The van der Waals surface area contributed by atoms with Gasteiger partial charge >= 0.3 is 0 Å². The standard InChI is InChI=1S/C14H14OS.ClHO4/c15-13-8-7-11-5-1-2-6-12(11)14(13)16-9-3-4-10-16;2-1(3,4)5/h1-2,5-8H,3-4,9-10H2;(H,2,3,4,5). The fourth-order valence-electron chi connectivity index (χ4n) is 2.39. The summed E-state index contributed by atoms with van der Waals surface area (Å²) in [5.74, 6) is 2.99. The number of fused-ring (bicyclic) bond motifs is 1. The average molecular weight is 331 g/mol. The van der Waals surface area contributed by atoms with Gasteiger partial charge in [-0.05, 0) is 30.4 Å². The van der Waals surface area contributed by atoms with Crippen molar-refractivity contribution in [3.05, 3.63) is 36.4 Å². The molecule has 3 rings (SSSR count). The van der Waals surface area contributed by atoms with Crippen molar-refractivity contribution in [2.45, 2.75) is 17.7 Å². The van der Waals surface area contributed by atoms with E-state index in [0.29, 0.717) is 5.75 Å². The maximum absolute atomic E-state index is 10.1. The third kappa shape index (κ3) is 4.74. The summed E-state index contributed by atoms with van der Waals surface area (Å²) in [5, 5.41) is 12.6. The van der Waals surface area contributed by atoms with Crippen LogP contribution < -0.4 is 18.6 Å². The molecule has 1 aliphatic heterocycles. The zero-order valence-electron chi connectivity index (χ0n) is 11.2. The predicted octanol–water partition coefficient (Wildman–Crippen LogP) is -1.44. The maximum Gasteiger partial charge on any atom is 0.204 e. The van der Waals surface area contributed by atoms with Crippen molar-refractivity contribution >= 4 is 21.7 Å². The summed E-state index contributed by atoms with van der Waals surface area (Å²) in [6, 6.07) is 12.2. The summed E-state index contributed by atoms with van der Waals surface area (Å²) in [4.78, 5) is 1.20. The number of phenols is 1. The molecule has 0 unspecified atom stereocenters. The van der Waals surface area contributed by atoms with E-state index < -0.39 is 10.2 Å². The zero-order valence-corrected chi connectivity index (χ0v) is 12.7. The lowest BCUT2D eigenvalue weighted by molar-refractivity contribution is -2.00. The molecular weight excluding hydrogens is 316 g/mol. The minimum absolute atomic E-state index is 0.273. The second kappa shape index (κ2) is 6.83. The highest BCUT2D eigenvalue weighted by atomic mass is 35.7. The Kier molecular flexibility index (Phi) is 5.32. The smallest absolute Gasteiger partial charge is 0.204 e. The van der Waals surface area contributed by atoms with Crippen molar-refractivity contribution in [2.24, 2.45) is 0 Å². The Balaban J connectivity index is 0.000000282. The van der Waals surface area contributed by atoms with Gasteiger partial charge in [-0.25, -0.2) is 18.6 Å². The first-order valence-electron chi connectivity index (χ1n) is 6.36. The number of phenolic OH excluding ortho intramolecular Hbond substituents is 1. The van der Waals surface area contributed by atoms with Gasteiger partial charge in [-0.3, -0.25) is 0 Å². The lowest BCUT2D eigenvalue weighted by Gasteiger charge is -2.17. The van der Waals surface area contributed by atoms with E-state index in [1.807, 2.05) is 12.1 Å². The summed E-state index contributed by atoms with van der Waals surface area (Å²) < 4.78 is 34.0. The van der Waals surface area contributed by atoms with Gasteiger partial charge in [0.15, 0.2) is 5.75 Å². The number of hydrogen-bond acceptors (Lipinski definition) is 5. The van der Waals surface area contributed by atoms with Crippen LogP contribution in [0.25, 0.3) is 10.8 Å². The van der Waals surface area contributed by atoms with Gasteiger partial charge in [-0.1, -0.05) is 24.3 Å². The predicted molar refractivity (Wildman–Crippen MR) is 70.2 cm³/mol. The van der Waals surface area contributed by atoms with Gasteiger partial charge in [0.25, 0.3) is 0 Å². The molecule has 0 spiro atoms. The van der Waals surface area contributed by atoms with Crippen LogP contribution >= 0.6 is 0 Å². The summed E-state index contributed by atoms with van der Waals surface area (Å²) in [7, 11) is -4.67. The van der Waals surface area contributed by atoms with Crippen molar-refractivity contribution in [3.8, 4) is 5.75 Å². The monoisotopic (exact) mass is 330 g/mol. The largest absolute Gasteiger partial charge is 0.503 e. The first-order valence-corrected chi connectivity index (χ1v) is 9.16. The fraction of sp³-hybridized carbons (Fsp3) is 0.286.